The second-order valence-corrected chi connectivity index (χ2v) is 4.59. The molecule has 0 saturated heterocycles. The Kier molecular flexibility index (Phi) is 4.73. The minimum absolute atomic E-state index is 0. The van der Waals surface area contributed by atoms with Gasteiger partial charge in [0.2, 0.25) is 0 Å². The molecule has 5 heteroatoms. The predicted molar refractivity (Wildman–Crippen MR) is 80.8 cm³/mol. The molecule has 1 heterocycles. The maximum absolute atomic E-state index is 9.96. The van der Waals surface area contributed by atoms with Crippen LogP contribution in [0.3, 0.4) is 0 Å². The van der Waals surface area contributed by atoms with Crippen molar-refractivity contribution in [2.75, 3.05) is 14.2 Å². The van der Waals surface area contributed by atoms with Gasteiger partial charge in [0.15, 0.2) is 0 Å². The summed E-state index contributed by atoms with van der Waals surface area (Å²) in [6.07, 6.45) is 0. The molecule has 0 saturated carbocycles. The highest BCUT2D eigenvalue weighted by Gasteiger charge is 2.18. The van der Waals surface area contributed by atoms with Crippen LogP contribution < -0.4 is 21.9 Å². The van der Waals surface area contributed by atoms with Gasteiger partial charge in [0, 0.05) is 12.1 Å². The van der Waals surface area contributed by atoms with Crippen LogP contribution in [0.2, 0.25) is 0 Å². The molecule has 0 atom stereocenters. The van der Waals surface area contributed by atoms with E-state index in [1.165, 1.54) is 0 Å². The van der Waals surface area contributed by atoms with E-state index in [0.717, 1.165) is 11.3 Å². The molecule has 0 amide bonds. The summed E-state index contributed by atoms with van der Waals surface area (Å²) in [5.41, 5.74) is 1.50. The van der Waals surface area contributed by atoms with Crippen LogP contribution in [-0.4, -0.2) is 19.3 Å². The van der Waals surface area contributed by atoms with Crippen molar-refractivity contribution in [3.8, 4) is 28.6 Å². The molecule has 0 radical (unpaired) electrons. The highest BCUT2D eigenvalue weighted by molar-refractivity contribution is 5.86. The molecule has 2 aromatic carbocycles. The van der Waals surface area contributed by atoms with Crippen LogP contribution >= 0.6 is 0 Å². The van der Waals surface area contributed by atoms with E-state index in [0.29, 0.717) is 22.5 Å². The zero-order valence-electron chi connectivity index (χ0n) is 12.2. The molecule has 0 unspecified atom stereocenters. The molecule has 3 aromatic rings. The van der Waals surface area contributed by atoms with Crippen LogP contribution in [0.5, 0.6) is 17.2 Å². The summed E-state index contributed by atoms with van der Waals surface area (Å²) >= 11 is 0. The Labute approximate surface area is 134 Å². The van der Waals surface area contributed by atoms with E-state index in [1.54, 1.807) is 26.4 Å². The molecule has 0 aliphatic heterocycles. The van der Waals surface area contributed by atoms with Crippen molar-refractivity contribution in [1.29, 1.82) is 0 Å². The number of phenolic OH excluding ortho intramolecular Hbond substituents is 1. The van der Waals surface area contributed by atoms with Gasteiger partial charge in [-0.25, -0.2) is 4.42 Å². The van der Waals surface area contributed by atoms with Gasteiger partial charge < -0.3 is 27.0 Å². The molecule has 0 aliphatic rings. The standard InChI is InChI=1S/C17H14O4.ClH/c1-19-12-5-3-11(4-6-12)16-8-7-14-15(18)9-13(20-2)10-17(14)21-16;/h3-10H,1-2H3;1H. The number of phenols is 1. The molecule has 0 bridgehead atoms. The highest BCUT2D eigenvalue weighted by atomic mass is 35.5. The summed E-state index contributed by atoms with van der Waals surface area (Å²) in [6, 6.07) is 14.6. The van der Waals surface area contributed by atoms with Crippen LogP contribution in [-0.2, 0) is 0 Å². The minimum Gasteiger partial charge on any atom is -1.00 e. The maximum atomic E-state index is 9.96. The van der Waals surface area contributed by atoms with E-state index in [4.69, 9.17) is 13.9 Å². The van der Waals surface area contributed by atoms with Gasteiger partial charge >= 0.3 is 11.3 Å². The van der Waals surface area contributed by atoms with Crippen molar-refractivity contribution in [3.05, 3.63) is 48.5 Å². The van der Waals surface area contributed by atoms with Crippen molar-refractivity contribution in [2.24, 2.45) is 0 Å². The number of rotatable bonds is 3. The first-order chi connectivity index (χ1) is 10.2. The molecular weight excluding hydrogens is 304 g/mol. The van der Waals surface area contributed by atoms with Gasteiger partial charge in [-0.3, -0.25) is 0 Å². The molecule has 0 spiro atoms. The number of methoxy groups -OCH3 is 2. The summed E-state index contributed by atoms with van der Waals surface area (Å²) in [4.78, 5) is 0. The molecule has 1 aromatic heterocycles. The number of benzene rings is 2. The van der Waals surface area contributed by atoms with E-state index in [-0.39, 0.29) is 18.2 Å². The largest absolute Gasteiger partial charge is 1.00 e. The van der Waals surface area contributed by atoms with Gasteiger partial charge in [-0.1, -0.05) is 0 Å². The average Bonchev–Trinajstić information content (AvgIpc) is 2.54. The Hall–Kier alpha value is -2.46. The lowest BCUT2D eigenvalue weighted by molar-refractivity contribution is -0.00000638. The zero-order chi connectivity index (χ0) is 14.8. The topological polar surface area (TPSA) is 50.0 Å². The third-order valence-electron chi connectivity index (χ3n) is 3.33. The number of ether oxygens (including phenoxy) is 2. The van der Waals surface area contributed by atoms with E-state index in [9.17, 15) is 5.11 Å². The Morgan fingerprint density at radius 1 is 0.864 bits per heavy atom. The normalized spacial score (nSPS) is 10.1. The zero-order valence-corrected chi connectivity index (χ0v) is 12.9. The van der Waals surface area contributed by atoms with E-state index >= 15 is 0 Å². The third-order valence-corrected chi connectivity index (χ3v) is 3.33. The fourth-order valence-electron chi connectivity index (χ4n) is 2.18. The van der Waals surface area contributed by atoms with Gasteiger partial charge in [0.1, 0.15) is 22.6 Å². The SMILES string of the molecule is COc1ccc(-c2ccc3c(O)cc(OC)cc3[o+]2)cc1.[Cl-]. The Balaban J connectivity index is 0.00000176. The molecule has 3 rings (SSSR count). The number of hydrogen-bond donors (Lipinski definition) is 1. The molecule has 0 fully saturated rings. The number of hydrogen-bond acceptors (Lipinski definition) is 3. The van der Waals surface area contributed by atoms with Crippen molar-refractivity contribution in [3.63, 3.8) is 0 Å². The highest BCUT2D eigenvalue weighted by Crippen LogP contribution is 2.33. The first-order valence-corrected chi connectivity index (χ1v) is 6.49. The fraction of sp³-hybridized carbons (Fsp3) is 0.118. The summed E-state index contributed by atoms with van der Waals surface area (Å²) in [5.74, 6) is 2.18. The third kappa shape index (κ3) is 2.92. The van der Waals surface area contributed by atoms with Crippen LogP contribution in [0.25, 0.3) is 22.3 Å². The summed E-state index contributed by atoms with van der Waals surface area (Å²) < 4.78 is 16.1. The van der Waals surface area contributed by atoms with Crippen molar-refractivity contribution < 1.29 is 31.4 Å². The van der Waals surface area contributed by atoms with Gasteiger partial charge in [0.25, 0.3) is 0 Å². The molecular formula is C17H15ClO4. The lowest BCUT2D eigenvalue weighted by Gasteiger charge is -2.01. The fourth-order valence-corrected chi connectivity index (χ4v) is 2.18. The van der Waals surface area contributed by atoms with Crippen LogP contribution in [0.4, 0.5) is 0 Å². The summed E-state index contributed by atoms with van der Waals surface area (Å²) in [6.45, 7) is 0. The lowest BCUT2D eigenvalue weighted by Crippen LogP contribution is -3.00. The summed E-state index contributed by atoms with van der Waals surface area (Å²) in [5, 5.41) is 10.6. The van der Waals surface area contributed by atoms with E-state index in [2.05, 4.69) is 0 Å². The molecule has 114 valence electrons. The Bertz CT molecular complexity index is 785. The first kappa shape index (κ1) is 15.9. The van der Waals surface area contributed by atoms with Gasteiger partial charge in [0.05, 0.1) is 25.8 Å². The minimum atomic E-state index is 0. The van der Waals surface area contributed by atoms with E-state index < -0.39 is 0 Å². The maximum Gasteiger partial charge on any atom is 0.368 e. The quantitative estimate of drug-likeness (QED) is 0.735. The number of halogens is 1. The van der Waals surface area contributed by atoms with Crippen LogP contribution in [0.15, 0.2) is 52.9 Å². The molecule has 1 N–H and O–H groups in total. The molecule has 22 heavy (non-hydrogen) atoms. The van der Waals surface area contributed by atoms with Crippen LogP contribution in [0.1, 0.15) is 0 Å². The van der Waals surface area contributed by atoms with Gasteiger partial charge in [-0.15, -0.1) is 0 Å². The van der Waals surface area contributed by atoms with Crippen molar-refractivity contribution in [2.45, 2.75) is 0 Å². The predicted octanol–water partition coefficient (Wildman–Crippen LogP) is 1.11. The Morgan fingerprint density at radius 2 is 1.55 bits per heavy atom. The van der Waals surface area contributed by atoms with Crippen molar-refractivity contribution in [1.82, 2.24) is 0 Å². The first-order valence-electron chi connectivity index (χ1n) is 6.49. The van der Waals surface area contributed by atoms with Gasteiger partial charge in [-0.05, 0) is 30.3 Å². The van der Waals surface area contributed by atoms with Gasteiger partial charge in [-0.2, -0.15) is 0 Å². The smallest absolute Gasteiger partial charge is 0.368 e. The number of aromatic hydroxyl groups is 1. The van der Waals surface area contributed by atoms with Crippen LogP contribution in [0, 0.1) is 0 Å². The Morgan fingerprint density at radius 3 is 2.18 bits per heavy atom. The second kappa shape index (κ2) is 6.54. The lowest BCUT2D eigenvalue weighted by atomic mass is 10.1. The molecule has 4 nitrogen and oxygen atoms in total. The monoisotopic (exact) mass is 318 g/mol. The average molecular weight is 319 g/mol. The van der Waals surface area contributed by atoms with E-state index in [1.807, 2.05) is 36.4 Å². The van der Waals surface area contributed by atoms with Crippen molar-refractivity contribution >= 4 is 11.0 Å². The second-order valence-electron chi connectivity index (χ2n) is 4.59. The summed E-state index contributed by atoms with van der Waals surface area (Å²) in [7, 11) is 3.18. The number of fused-ring (bicyclic) bond motifs is 1. The molecule has 0 aliphatic carbocycles.